The number of carbonyl (C=O) groups is 3. The molecule has 1 saturated carbocycles. The Balaban J connectivity index is 0.738. The van der Waals surface area contributed by atoms with E-state index in [4.69, 9.17) is 16.6 Å². The zero-order valence-corrected chi connectivity index (χ0v) is 34.0. The molecule has 3 amide bonds. The first kappa shape index (κ1) is 38.5. The Morgan fingerprint density at radius 3 is 2.22 bits per heavy atom. The molecule has 0 radical (unpaired) electrons. The van der Waals surface area contributed by atoms with Crippen molar-refractivity contribution in [1.82, 2.24) is 19.4 Å². The Morgan fingerprint density at radius 2 is 1.53 bits per heavy atom. The first-order chi connectivity index (χ1) is 28.6. The van der Waals surface area contributed by atoms with Crippen molar-refractivity contribution in [3.05, 3.63) is 92.5 Å². The Bertz CT molecular complexity index is 2390. The van der Waals surface area contributed by atoms with Crippen molar-refractivity contribution >= 4 is 51.6 Å². The number of nitrogens with zero attached hydrogens (tertiary/aromatic N) is 6. The number of rotatable bonds is 6. The highest BCUT2D eigenvalue weighted by Crippen LogP contribution is 2.52. The first-order valence-electron chi connectivity index (χ1n) is 21.6. The maximum absolute atomic E-state index is 15.1. The lowest BCUT2D eigenvalue weighted by Gasteiger charge is -2.44. The lowest BCUT2D eigenvalue weighted by molar-refractivity contribution is -0.138. The van der Waals surface area contributed by atoms with E-state index in [1.165, 1.54) is 17.5 Å². The summed E-state index contributed by atoms with van der Waals surface area (Å²) in [6.07, 6.45) is 10.0. The van der Waals surface area contributed by atoms with Gasteiger partial charge in [0, 0.05) is 51.3 Å². The van der Waals surface area contributed by atoms with Gasteiger partial charge < -0.3 is 14.7 Å². The number of amides is 3. The first-order valence-corrected chi connectivity index (χ1v) is 21.9. The molecule has 308 valence electrons. The smallest absolute Gasteiger partial charge is 0.282 e. The molecule has 0 unspecified atom stereocenters. The van der Waals surface area contributed by atoms with Crippen molar-refractivity contribution < 1.29 is 23.2 Å². The van der Waals surface area contributed by atoms with Crippen LogP contribution in [0, 0.1) is 23.5 Å². The summed E-state index contributed by atoms with van der Waals surface area (Å²) < 4.78 is 32.5. The van der Waals surface area contributed by atoms with Crippen LogP contribution in [-0.4, -0.2) is 82.9 Å². The van der Waals surface area contributed by atoms with Gasteiger partial charge in [-0.3, -0.25) is 23.7 Å². The van der Waals surface area contributed by atoms with Crippen LogP contribution in [0.2, 0.25) is 5.02 Å². The van der Waals surface area contributed by atoms with E-state index in [9.17, 15) is 19.2 Å². The van der Waals surface area contributed by atoms with Gasteiger partial charge in [0.05, 0.1) is 32.9 Å². The largest absolute Gasteiger partial charge is 0.370 e. The number of likely N-dealkylation sites (tertiary alicyclic amines) is 2. The minimum atomic E-state index is -0.955. The van der Waals surface area contributed by atoms with Crippen LogP contribution < -0.4 is 15.4 Å². The maximum Gasteiger partial charge on any atom is 0.282 e. The van der Waals surface area contributed by atoms with E-state index >= 15 is 8.78 Å². The molecule has 1 aromatic heterocycles. The van der Waals surface area contributed by atoms with Gasteiger partial charge in [-0.25, -0.2) is 13.7 Å². The molecule has 6 aliphatic rings. The number of anilines is 2. The molecule has 4 saturated heterocycles. The summed E-state index contributed by atoms with van der Waals surface area (Å²) in [5.41, 5.74) is 3.84. The molecule has 13 heteroatoms. The number of aromatic nitrogens is 2. The Hall–Kier alpha value is -4.68. The summed E-state index contributed by atoms with van der Waals surface area (Å²) >= 11 is 6.60. The summed E-state index contributed by atoms with van der Waals surface area (Å²) in [7, 11) is 0. The van der Waals surface area contributed by atoms with Gasteiger partial charge in [0.2, 0.25) is 17.7 Å². The average Bonchev–Trinajstić information content (AvgIpc) is 3.46. The zero-order chi connectivity index (χ0) is 40.6. The minimum absolute atomic E-state index is 0.0751. The fraction of sp³-hybridized carbons (Fsp3) is 0.500. The quantitative estimate of drug-likeness (QED) is 0.186. The molecule has 3 aromatic carbocycles. The van der Waals surface area contributed by atoms with Crippen LogP contribution in [0.15, 0.2) is 53.3 Å². The van der Waals surface area contributed by atoms with Crippen LogP contribution in [-0.2, 0) is 19.8 Å². The van der Waals surface area contributed by atoms with Crippen molar-refractivity contribution in [3.63, 3.8) is 0 Å². The van der Waals surface area contributed by atoms with E-state index in [0.717, 1.165) is 100 Å². The molecule has 5 fully saturated rings. The highest BCUT2D eigenvalue weighted by atomic mass is 35.5. The monoisotopic (exact) mass is 822 g/mol. The molecule has 1 spiro atoms. The lowest BCUT2D eigenvalue weighted by atomic mass is 9.69. The second-order valence-electron chi connectivity index (χ2n) is 17.8. The molecular formula is C46H49ClF2N6O4. The molecule has 59 heavy (non-hydrogen) atoms. The van der Waals surface area contributed by atoms with Crippen LogP contribution in [0.5, 0.6) is 0 Å². The normalized spacial score (nSPS) is 21.6. The highest BCUT2D eigenvalue weighted by Gasteiger charge is 2.47. The van der Waals surface area contributed by atoms with Gasteiger partial charge in [-0.05, 0) is 111 Å². The third-order valence-corrected chi connectivity index (χ3v) is 14.7. The van der Waals surface area contributed by atoms with E-state index < -0.39 is 29.1 Å². The molecule has 1 aliphatic carbocycles. The summed E-state index contributed by atoms with van der Waals surface area (Å²) in [6, 6.07) is 15.0. The number of hydrogen-bond acceptors (Lipinski definition) is 7. The predicted molar refractivity (Wildman–Crippen MR) is 222 cm³/mol. The standard InChI is InChI=1S/C46H49ClF2N6O4/c47-34-6-4-7-37-41(34)43(58)50-45-46(16-2-1-3-17-46)33-11-10-30(22-38(33)54(37)45)29-14-18-51(19-15-29)25-28-12-20-52(21-13-28)44(59)31-26-53(27-31)32-23-35(48)42(36(49)24-32)55-39(56)8-5-9-40(55)57/h4,6-7,10-11,22-24,28-29,31H,1-3,5,8-9,12-21,25-27H2. The summed E-state index contributed by atoms with van der Waals surface area (Å²) in [5.74, 6) is -1.40. The summed E-state index contributed by atoms with van der Waals surface area (Å²) in [4.78, 5) is 63.1. The van der Waals surface area contributed by atoms with E-state index in [2.05, 4.69) is 27.7 Å². The van der Waals surface area contributed by atoms with E-state index in [1.807, 2.05) is 17.0 Å². The third kappa shape index (κ3) is 6.56. The van der Waals surface area contributed by atoms with Crippen molar-refractivity contribution in [2.24, 2.45) is 11.8 Å². The van der Waals surface area contributed by atoms with Gasteiger partial charge in [-0.1, -0.05) is 49.1 Å². The summed E-state index contributed by atoms with van der Waals surface area (Å²) in [6.45, 7) is 5.24. The topological polar surface area (TPSA) is 99.1 Å². The second-order valence-corrected chi connectivity index (χ2v) is 18.2. The molecule has 10 rings (SSSR count). The lowest BCUT2D eigenvalue weighted by Crippen LogP contribution is -2.56. The van der Waals surface area contributed by atoms with Gasteiger partial charge in [0.1, 0.15) is 11.5 Å². The van der Waals surface area contributed by atoms with E-state index in [0.29, 0.717) is 65.4 Å². The minimum Gasteiger partial charge on any atom is -0.370 e. The van der Waals surface area contributed by atoms with Gasteiger partial charge in [0.15, 0.2) is 11.6 Å². The molecule has 0 atom stereocenters. The number of carbonyl (C=O) groups excluding carboxylic acids is 3. The molecule has 0 N–H and O–H groups in total. The van der Waals surface area contributed by atoms with Crippen LogP contribution >= 0.6 is 11.6 Å². The van der Waals surface area contributed by atoms with Crippen LogP contribution in [0.3, 0.4) is 0 Å². The van der Waals surface area contributed by atoms with Crippen LogP contribution in [0.1, 0.15) is 99.9 Å². The van der Waals surface area contributed by atoms with Crippen LogP contribution in [0.4, 0.5) is 20.2 Å². The molecule has 0 bridgehead atoms. The van der Waals surface area contributed by atoms with Crippen LogP contribution in [0.25, 0.3) is 16.6 Å². The average molecular weight is 823 g/mol. The zero-order valence-electron chi connectivity index (χ0n) is 33.2. The Kier molecular flexibility index (Phi) is 9.86. The van der Waals surface area contributed by atoms with Gasteiger partial charge in [-0.2, -0.15) is 4.98 Å². The maximum atomic E-state index is 15.1. The fourth-order valence-corrected chi connectivity index (χ4v) is 11.4. The van der Waals surface area contributed by atoms with Crippen molar-refractivity contribution in [3.8, 4) is 5.69 Å². The van der Waals surface area contributed by atoms with E-state index in [-0.39, 0.29) is 35.6 Å². The SMILES string of the molecule is O=C(C1CN(c2cc(F)c(N3C(=O)CCCC3=O)c(F)c2)C1)N1CCC(CN2CCC(c3ccc4c(c3)-n3c(nc(=O)c5c(Cl)cccc53)C43CCCCC3)CC2)CC1. The van der Waals surface area contributed by atoms with Gasteiger partial charge in [-0.15, -0.1) is 0 Å². The molecular weight excluding hydrogens is 774 g/mol. The highest BCUT2D eigenvalue weighted by molar-refractivity contribution is 6.35. The van der Waals surface area contributed by atoms with Crippen molar-refractivity contribution in [1.29, 1.82) is 0 Å². The van der Waals surface area contributed by atoms with E-state index in [1.54, 1.807) is 11.0 Å². The van der Waals surface area contributed by atoms with Crippen molar-refractivity contribution in [2.75, 3.05) is 55.6 Å². The third-order valence-electron chi connectivity index (χ3n) is 14.4. The number of piperidine rings is 3. The van der Waals surface area contributed by atoms with Crippen molar-refractivity contribution in [2.45, 2.75) is 88.4 Å². The molecule has 5 aliphatic heterocycles. The Morgan fingerprint density at radius 1 is 0.831 bits per heavy atom. The molecule has 6 heterocycles. The predicted octanol–water partition coefficient (Wildman–Crippen LogP) is 7.48. The molecule has 4 aromatic rings. The second kappa shape index (κ2) is 15.1. The number of halogens is 3. The number of benzene rings is 3. The number of imide groups is 1. The number of hydrogen-bond donors (Lipinski definition) is 0. The van der Waals surface area contributed by atoms with Gasteiger partial charge in [0.25, 0.3) is 5.56 Å². The Labute approximate surface area is 347 Å². The van der Waals surface area contributed by atoms with Gasteiger partial charge >= 0.3 is 0 Å². The fourth-order valence-electron chi connectivity index (χ4n) is 11.2. The molecule has 10 nitrogen and oxygen atoms in total. The summed E-state index contributed by atoms with van der Waals surface area (Å²) in [5, 5.41) is 0.932. The number of fused-ring (bicyclic) bond motifs is 7.